The first-order chi connectivity index (χ1) is 9.49. The highest BCUT2D eigenvalue weighted by atomic mass is 32.1. The number of aryl methyl sites for hydroxylation is 1. The van der Waals surface area contributed by atoms with Gasteiger partial charge in [0, 0.05) is 22.5 Å². The van der Waals surface area contributed by atoms with E-state index in [1.165, 1.54) is 28.6 Å². The Bertz CT molecular complexity index is 559. The van der Waals surface area contributed by atoms with Crippen molar-refractivity contribution in [2.45, 2.75) is 39.3 Å². The lowest BCUT2D eigenvalue weighted by Gasteiger charge is -2.20. The SMILES string of the molecule is Cc1ccsc1C(C)NC(C)Cc1c(F)cccc1F. The maximum absolute atomic E-state index is 13.6. The van der Waals surface area contributed by atoms with Crippen LogP contribution in [0.5, 0.6) is 0 Å². The molecule has 2 unspecified atom stereocenters. The van der Waals surface area contributed by atoms with E-state index < -0.39 is 11.6 Å². The van der Waals surface area contributed by atoms with Crippen molar-refractivity contribution >= 4 is 11.3 Å². The maximum Gasteiger partial charge on any atom is 0.129 e. The highest BCUT2D eigenvalue weighted by Crippen LogP contribution is 2.24. The smallest absolute Gasteiger partial charge is 0.129 e. The van der Waals surface area contributed by atoms with Crippen molar-refractivity contribution in [3.05, 3.63) is 57.3 Å². The van der Waals surface area contributed by atoms with Crippen LogP contribution >= 0.6 is 11.3 Å². The fourth-order valence-corrected chi connectivity index (χ4v) is 3.37. The fourth-order valence-electron chi connectivity index (χ4n) is 2.42. The zero-order valence-corrected chi connectivity index (χ0v) is 12.7. The van der Waals surface area contributed by atoms with E-state index >= 15 is 0 Å². The average molecular weight is 295 g/mol. The lowest BCUT2D eigenvalue weighted by molar-refractivity contribution is 0.460. The molecule has 20 heavy (non-hydrogen) atoms. The Kier molecular flexibility index (Phi) is 4.89. The third-order valence-electron chi connectivity index (χ3n) is 3.40. The Balaban J connectivity index is 2.02. The number of benzene rings is 1. The number of thiophene rings is 1. The van der Waals surface area contributed by atoms with Gasteiger partial charge in [0.25, 0.3) is 0 Å². The molecule has 108 valence electrons. The van der Waals surface area contributed by atoms with Crippen LogP contribution in [0.15, 0.2) is 29.6 Å². The summed E-state index contributed by atoms with van der Waals surface area (Å²) in [6.07, 6.45) is 0.341. The Labute approximate surface area is 122 Å². The molecule has 1 nitrogen and oxygen atoms in total. The molecule has 4 heteroatoms. The molecule has 0 spiro atoms. The number of hydrogen-bond acceptors (Lipinski definition) is 2. The number of nitrogens with one attached hydrogen (secondary N) is 1. The molecule has 1 N–H and O–H groups in total. The lowest BCUT2D eigenvalue weighted by Crippen LogP contribution is -2.31. The molecule has 2 aromatic rings. The van der Waals surface area contributed by atoms with Crippen molar-refractivity contribution in [3.8, 4) is 0 Å². The van der Waals surface area contributed by atoms with Gasteiger partial charge in [-0.15, -0.1) is 11.3 Å². The Morgan fingerprint density at radius 2 is 1.80 bits per heavy atom. The first-order valence-corrected chi connectivity index (χ1v) is 7.60. The van der Waals surface area contributed by atoms with Gasteiger partial charge < -0.3 is 5.32 Å². The predicted octanol–water partition coefficient (Wildman–Crippen LogP) is 4.62. The number of hydrogen-bond donors (Lipinski definition) is 1. The highest BCUT2D eigenvalue weighted by Gasteiger charge is 2.16. The standard InChI is InChI=1S/C16H19F2NS/c1-10-7-8-20-16(10)12(3)19-11(2)9-13-14(17)5-4-6-15(13)18/h4-8,11-12,19H,9H2,1-3H3. The highest BCUT2D eigenvalue weighted by molar-refractivity contribution is 7.10. The summed E-state index contributed by atoms with van der Waals surface area (Å²) in [5.41, 5.74) is 1.40. The van der Waals surface area contributed by atoms with E-state index in [1.807, 2.05) is 6.92 Å². The largest absolute Gasteiger partial charge is 0.307 e. The maximum atomic E-state index is 13.6. The normalized spacial score (nSPS) is 14.2. The van der Waals surface area contributed by atoms with Crippen molar-refractivity contribution in [2.24, 2.45) is 0 Å². The molecule has 0 fully saturated rings. The first kappa shape index (κ1) is 15.1. The minimum Gasteiger partial charge on any atom is -0.307 e. The molecule has 0 aliphatic heterocycles. The van der Waals surface area contributed by atoms with Crippen LogP contribution in [0.3, 0.4) is 0 Å². The summed E-state index contributed by atoms with van der Waals surface area (Å²) in [4.78, 5) is 1.27. The van der Waals surface area contributed by atoms with Gasteiger partial charge in [0.2, 0.25) is 0 Å². The molecular formula is C16H19F2NS. The van der Waals surface area contributed by atoms with Crippen molar-refractivity contribution in [1.82, 2.24) is 5.32 Å². The van der Waals surface area contributed by atoms with E-state index in [-0.39, 0.29) is 17.6 Å². The van der Waals surface area contributed by atoms with Gasteiger partial charge in [-0.2, -0.15) is 0 Å². The van der Waals surface area contributed by atoms with Gasteiger partial charge in [-0.3, -0.25) is 0 Å². The second kappa shape index (κ2) is 6.46. The van der Waals surface area contributed by atoms with Crippen LogP contribution in [0.25, 0.3) is 0 Å². The summed E-state index contributed by atoms with van der Waals surface area (Å²) in [5.74, 6) is -0.947. The molecule has 0 saturated carbocycles. The van der Waals surface area contributed by atoms with Crippen LogP contribution in [0.1, 0.15) is 35.9 Å². The van der Waals surface area contributed by atoms with E-state index in [0.717, 1.165) is 0 Å². The third-order valence-corrected chi connectivity index (χ3v) is 4.60. The lowest BCUT2D eigenvalue weighted by atomic mass is 10.0. The minimum atomic E-state index is -0.474. The first-order valence-electron chi connectivity index (χ1n) is 6.72. The van der Waals surface area contributed by atoms with Crippen LogP contribution in [0, 0.1) is 18.6 Å². The van der Waals surface area contributed by atoms with Gasteiger partial charge in [0.15, 0.2) is 0 Å². The van der Waals surface area contributed by atoms with E-state index in [4.69, 9.17) is 0 Å². The van der Waals surface area contributed by atoms with Crippen LogP contribution in [0.2, 0.25) is 0 Å². The van der Waals surface area contributed by atoms with Crippen molar-refractivity contribution in [3.63, 3.8) is 0 Å². The van der Waals surface area contributed by atoms with Crippen LogP contribution in [-0.2, 0) is 6.42 Å². The van der Waals surface area contributed by atoms with Crippen LogP contribution in [0.4, 0.5) is 8.78 Å². The molecule has 0 amide bonds. The van der Waals surface area contributed by atoms with E-state index in [2.05, 4.69) is 30.6 Å². The molecule has 0 radical (unpaired) electrons. The van der Waals surface area contributed by atoms with E-state index in [9.17, 15) is 8.78 Å². The summed E-state index contributed by atoms with van der Waals surface area (Å²) in [6, 6.07) is 6.26. The monoisotopic (exact) mass is 295 g/mol. The summed E-state index contributed by atoms with van der Waals surface area (Å²) < 4.78 is 27.2. The second-order valence-corrected chi connectivity index (χ2v) is 6.11. The van der Waals surface area contributed by atoms with Gasteiger partial charge in [-0.25, -0.2) is 8.78 Å². The number of halogens is 2. The Hall–Kier alpha value is -1.26. The molecule has 1 aromatic carbocycles. The van der Waals surface area contributed by atoms with Crippen molar-refractivity contribution in [2.75, 3.05) is 0 Å². The molecule has 2 atom stereocenters. The van der Waals surface area contributed by atoms with Gasteiger partial charge in [-0.05, 0) is 56.3 Å². The molecule has 0 aliphatic carbocycles. The molecule has 0 bridgehead atoms. The Morgan fingerprint density at radius 1 is 1.15 bits per heavy atom. The Morgan fingerprint density at radius 3 is 2.35 bits per heavy atom. The zero-order chi connectivity index (χ0) is 14.7. The molecule has 0 saturated heterocycles. The minimum absolute atomic E-state index is 0.00194. The van der Waals surface area contributed by atoms with Crippen molar-refractivity contribution in [1.29, 1.82) is 0 Å². The molecule has 1 heterocycles. The van der Waals surface area contributed by atoms with Crippen molar-refractivity contribution < 1.29 is 8.78 Å². The van der Waals surface area contributed by atoms with E-state index in [0.29, 0.717) is 6.42 Å². The third kappa shape index (κ3) is 3.44. The quantitative estimate of drug-likeness (QED) is 0.849. The second-order valence-electron chi connectivity index (χ2n) is 5.16. The summed E-state index contributed by atoms with van der Waals surface area (Å²) in [7, 11) is 0. The van der Waals surface area contributed by atoms with Crippen LogP contribution in [-0.4, -0.2) is 6.04 Å². The number of rotatable bonds is 5. The molecule has 2 rings (SSSR count). The molecular weight excluding hydrogens is 276 g/mol. The predicted molar refractivity (Wildman–Crippen MR) is 80.1 cm³/mol. The van der Waals surface area contributed by atoms with E-state index in [1.54, 1.807) is 11.3 Å². The molecule has 1 aromatic heterocycles. The van der Waals surface area contributed by atoms with Gasteiger partial charge in [0.05, 0.1) is 0 Å². The van der Waals surface area contributed by atoms with Gasteiger partial charge in [-0.1, -0.05) is 6.07 Å². The van der Waals surface area contributed by atoms with Gasteiger partial charge >= 0.3 is 0 Å². The summed E-state index contributed by atoms with van der Waals surface area (Å²) >= 11 is 1.70. The summed E-state index contributed by atoms with van der Waals surface area (Å²) in [6.45, 7) is 6.10. The van der Waals surface area contributed by atoms with Crippen LogP contribution < -0.4 is 5.32 Å². The van der Waals surface area contributed by atoms with Gasteiger partial charge in [0.1, 0.15) is 11.6 Å². The zero-order valence-electron chi connectivity index (χ0n) is 11.9. The summed E-state index contributed by atoms with van der Waals surface area (Å²) in [5, 5.41) is 5.46. The average Bonchev–Trinajstić information content (AvgIpc) is 2.80. The fraction of sp³-hybridized carbons (Fsp3) is 0.375. The molecule has 0 aliphatic rings. The topological polar surface area (TPSA) is 12.0 Å².